The third-order valence-electron chi connectivity index (χ3n) is 3.22. The van der Waals surface area contributed by atoms with E-state index in [1.807, 2.05) is 0 Å². The van der Waals surface area contributed by atoms with E-state index in [1.54, 1.807) is 18.3 Å². The molecular weight excluding hydrogens is 317 g/mol. The lowest BCUT2D eigenvalue weighted by atomic mass is 10.1. The minimum absolute atomic E-state index is 0.0412. The summed E-state index contributed by atoms with van der Waals surface area (Å²) >= 11 is 5.68. The Kier molecular flexibility index (Phi) is 5.93. The number of pyridine rings is 1. The number of hydrogen-bond donors (Lipinski definition) is 2. The maximum atomic E-state index is 13.1. The molecule has 0 radical (unpaired) electrons. The van der Waals surface area contributed by atoms with Crippen LogP contribution in [0.15, 0.2) is 36.5 Å². The highest BCUT2D eigenvalue weighted by molar-refractivity contribution is 6.31. The van der Waals surface area contributed by atoms with E-state index in [-0.39, 0.29) is 16.6 Å². The van der Waals surface area contributed by atoms with Crippen molar-refractivity contribution in [3.63, 3.8) is 0 Å². The van der Waals surface area contributed by atoms with Crippen LogP contribution >= 0.6 is 11.6 Å². The van der Waals surface area contributed by atoms with Crippen molar-refractivity contribution >= 4 is 28.9 Å². The molecule has 0 atom stereocenters. The number of nitrogens with one attached hydrogen (secondary N) is 2. The largest absolute Gasteiger partial charge is 0.384 e. The zero-order valence-electron chi connectivity index (χ0n) is 13.1. The quantitative estimate of drug-likeness (QED) is 0.812. The van der Waals surface area contributed by atoms with Crippen molar-refractivity contribution in [2.45, 2.75) is 20.3 Å². The molecule has 1 aromatic heterocycles. The summed E-state index contributed by atoms with van der Waals surface area (Å²) in [6.45, 7) is 5.18. The Labute approximate surface area is 140 Å². The number of nitrogens with zero attached hydrogens (tertiary/aromatic N) is 1. The minimum Gasteiger partial charge on any atom is -0.384 e. The molecule has 0 saturated carbocycles. The summed E-state index contributed by atoms with van der Waals surface area (Å²) in [5, 5.41) is 5.84. The maximum Gasteiger partial charge on any atom is 0.274 e. The molecule has 1 amide bonds. The van der Waals surface area contributed by atoms with Gasteiger partial charge in [-0.3, -0.25) is 4.79 Å². The van der Waals surface area contributed by atoms with Crippen molar-refractivity contribution in [2.75, 3.05) is 17.2 Å². The fraction of sp³-hybridized carbons (Fsp3) is 0.294. The first-order valence-corrected chi connectivity index (χ1v) is 7.80. The van der Waals surface area contributed by atoms with Crippen LogP contribution in [0.5, 0.6) is 0 Å². The summed E-state index contributed by atoms with van der Waals surface area (Å²) in [6, 6.07) is 7.45. The van der Waals surface area contributed by atoms with Crippen molar-refractivity contribution in [3.05, 3.63) is 53.1 Å². The summed E-state index contributed by atoms with van der Waals surface area (Å²) in [5.41, 5.74) is 1.56. The van der Waals surface area contributed by atoms with E-state index in [2.05, 4.69) is 29.5 Å². The highest BCUT2D eigenvalue weighted by Gasteiger charge is 2.09. The SMILES string of the molecule is CC(C)CCNc1ccc(C(=O)Nc2ccc(F)c(Cl)c2)nc1. The fourth-order valence-corrected chi connectivity index (χ4v) is 2.09. The molecule has 2 rings (SSSR count). The molecule has 0 aliphatic heterocycles. The van der Waals surface area contributed by atoms with Gasteiger partial charge in [0.05, 0.1) is 16.9 Å². The van der Waals surface area contributed by atoms with Crippen molar-refractivity contribution in [1.82, 2.24) is 4.98 Å². The third-order valence-corrected chi connectivity index (χ3v) is 3.51. The summed E-state index contributed by atoms with van der Waals surface area (Å²) in [4.78, 5) is 16.2. The average molecular weight is 336 g/mol. The standard InChI is InChI=1S/C17H19ClFN3O/c1-11(2)7-8-20-13-4-6-16(21-10-13)17(23)22-12-3-5-15(19)14(18)9-12/h3-6,9-11,20H,7-8H2,1-2H3,(H,22,23). The van der Waals surface area contributed by atoms with Crippen LogP contribution in [0.25, 0.3) is 0 Å². The van der Waals surface area contributed by atoms with Crippen molar-refractivity contribution in [2.24, 2.45) is 5.92 Å². The van der Waals surface area contributed by atoms with E-state index in [9.17, 15) is 9.18 Å². The van der Waals surface area contributed by atoms with E-state index in [0.717, 1.165) is 18.7 Å². The van der Waals surface area contributed by atoms with Crippen LogP contribution in [-0.2, 0) is 0 Å². The van der Waals surface area contributed by atoms with Crippen LogP contribution in [0, 0.1) is 11.7 Å². The Bertz CT molecular complexity index is 674. The highest BCUT2D eigenvalue weighted by atomic mass is 35.5. The van der Waals surface area contributed by atoms with Crippen molar-refractivity contribution in [3.8, 4) is 0 Å². The topological polar surface area (TPSA) is 54.0 Å². The molecule has 2 N–H and O–H groups in total. The molecule has 6 heteroatoms. The van der Waals surface area contributed by atoms with Crippen molar-refractivity contribution < 1.29 is 9.18 Å². The van der Waals surface area contributed by atoms with Gasteiger partial charge in [0.15, 0.2) is 0 Å². The first kappa shape index (κ1) is 17.2. The van der Waals surface area contributed by atoms with Gasteiger partial charge in [0.1, 0.15) is 11.5 Å². The van der Waals surface area contributed by atoms with Crippen LogP contribution in [0.2, 0.25) is 5.02 Å². The first-order valence-electron chi connectivity index (χ1n) is 7.42. The van der Waals surface area contributed by atoms with E-state index in [0.29, 0.717) is 11.6 Å². The Hall–Kier alpha value is -2.14. The zero-order valence-corrected chi connectivity index (χ0v) is 13.8. The van der Waals surface area contributed by atoms with Gasteiger partial charge >= 0.3 is 0 Å². The molecule has 0 aliphatic rings. The van der Waals surface area contributed by atoms with Gasteiger partial charge in [-0.05, 0) is 42.7 Å². The molecule has 0 bridgehead atoms. The molecule has 4 nitrogen and oxygen atoms in total. The van der Waals surface area contributed by atoms with E-state index in [1.165, 1.54) is 18.2 Å². The van der Waals surface area contributed by atoms with Crippen LogP contribution in [0.1, 0.15) is 30.8 Å². The normalized spacial score (nSPS) is 10.7. The van der Waals surface area contributed by atoms with Crippen LogP contribution in [0.4, 0.5) is 15.8 Å². The predicted octanol–water partition coefficient (Wildman–Crippen LogP) is 4.58. The number of hydrogen-bond acceptors (Lipinski definition) is 3. The summed E-state index contributed by atoms with van der Waals surface area (Å²) in [5.74, 6) is -0.274. The van der Waals surface area contributed by atoms with Gasteiger partial charge in [-0.1, -0.05) is 25.4 Å². The molecule has 0 aliphatic carbocycles. The molecule has 0 unspecified atom stereocenters. The van der Waals surface area contributed by atoms with Gasteiger partial charge in [-0.15, -0.1) is 0 Å². The number of amides is 1. The van der Waals surface area contributed by atoms with Gasteiger partial charge < -0.3 is 10.6 Å². The molecule has 23 heavy (non-hydrogen) atoms. The van der Waals surface area contributed by atoms with Gasteiger partial charge in [0.2, 0.25) is 0 Å². The second-order valence-electron chi connectivity index (χ2n) is 5.62. The van der Waals surface area contributed by atoms with Gasteiger partial charge in [0, 0.05) is 12.2 Å². The monoisotopic (exact) mass is 335 g/mol. The van der Waals surface area contributed by atoms with Crippen LogP contribution < -0.4 is 10.6 Å². The Balaban J connectivity index is 1.95. The molecule has 0 saturated heterocycles. The number of carbonyl (C=O) groups is 1. The third kappa shape index (κ3) is 5.21. The smallest absolute Gasteiger partial charge is 0.274 e. The predicted molar refractivity (Wildman–Crippen MR) is 91.5 cm³/mol. The second kappa shape index (κ2) is 7.92. The Morgan fingerprint density at radius 2 is 2.00 bits per heavy atom. The second-order valence-corrected chi connectivity index (χ2v) is 6.03. The van der Waals surface area contributed by atoms with Gasteiger partial charge in [-0.2, -0.15) is 0 Å². The molecule has 1 aromatic carbocycles. The van der Waals surface area contributed by atoms with E-state index >= 15 is 0 Å². The molecule has 0 fully saturated rings. The summed E-state index contributed by atoms with van der Waals surface area (Å²) in [6.07, 6.45) is 2.68. The molecular formula is C17H19ClFN3O. The van der Waals surface area contributed by atoms with E-state index < -0.39 is 5.82 Å². The number of carbonyl (C=O) groups excluding carboxylic acids is 1. The molecule has 2 aromatic rings. The lowest BCUT2D eigenvalue weighted by Gasteiger charge is -2.09. The number of aromatic nitrogens is 1. The molecule has 122 valence electrons. The lowest BCUT2D eigenvalue weighted by Crippen LogP contribution is -2.14. The van der Waals surface area contributed by atoms with E-state index in [4.69, 9.17) is 11.6 Å². The van der Waals surface area contributed by atoms with Gasteiger partial charge in [0.25, 0.3) is 5.91 Å². The molecule has 1 heterocycles. The number of benzene rings is 1. The number of rotatable bonds is 6. The summed E-state index contributed by atoms with van der Waals surface area (Å²) < 4.78 is 13.1. The fourth-order valence-electron chi connectivity index (χ4n) is 1.91. The number of halogens is 2. The average Bonchev–Trinajstić information content (AvgIpc) is 2.51. The Morgan fingerprint density at radius 3 is 2.61 bits per heavy atom. The minimum atomic E-state index is -0.528. The highest BCUT2D eigenvalue weighted by Crippen LogP contribution is 2.20. The van der Waals surface area contributed by atoms with Crippen molar-refractivity contribution in [1.29, 1.82) is 0 Å². The lowest BCUT2D eigenvalue weighted by molar-refractivity contribution is 0.102. The maximum absolute atomic E-state index is 13.1. The van der Waals surface area contributed by atoms with Crippen LogP contribution in [-0.4, -0.2) is 17.4 Å². The number of anilines is 2. The van der Waals surface area contributed by atoms with Crippen LogP contribution in [0.3, 0.4) is 0 Å². The Morgan fingerprint density at radius 1 is 1.26 bits per heavy atom. The zero-order chi connectivity index (χ0) is 16.8. The first-order chi connectivity index (χ1) is 11.0. The van der Waals surface area contributed by atoms with Gasteiger partial charge in [-0.25, -0.2) is 9.37 Å². The summed E-state index contributed by atoms with van der Waals surface area (Å²) in [7, 11) is 0. The molecule has 0 spiro atoms.